The van der Waals surface area contributed by atoms with Crippen LogP contribution in [-0.4, -0.2) is 25.6 Å². The van der Waals surface area contributed by atoms with Crippen LogP contribution in [0.4, 0.5) is 0 Å². The van der Waals surface area contributed by atoms with E-state index in [1.165, 1.54) is 12.8 Å². The van der Waals surface area contributed by atoms with Gasteiger partial charge in [0.2, 0.25) is 0 Å². The standard InChI is InChI=1S/C12H14N6/c1-7-6-10(11(13)14)16-12(15-7)18-5-4-9(17-18)8-2-3-8/h4-6,8H,2-3H2,1H3,(H3,13,14). The number of amidine groups is 1. The van der Waals surface area contributed by atoms with Gasteiger partial charge in [-0.15, -0.1) is 0 Å². The van der Waals surface area contributed by atoms with Crippen molar-refractivity contribution in [3.8, 4) is 5.95 Å². The van der Waals surface area contributed by atoms with Gasteiger partial charge in [-0.2, -0.15) is 5.10 Å². The Labute approximate surface area is 104 Å². The minimum absolute atomic E-state index is 0.0590. The summed E-state index contributed by atoms with van der Waals surface area (Å²) in [5, 5.41) is 11.9. The topological polar surface area (TPSA) is 93.5 Å². The Hall–Kier alpha value is -2.24. The van der Waals surface area contributed by atoms with Crippen LogP contribution < -0.4 is 5.73 Å². The fraction of sp³-hybridized carbons (Fsp3) is 0.333. The summed E-state index contributed by atoms with van der Waals surface area (Å²) in [4.78, 5) is 8.55. The van der Waals surface area contributed by atoms with Crippen molar-refractivity contribution in [2.75, 3.05) is 0 Å². The van der Waals surface area contributed by atoms with Crippen LogP contribution >= 0.6 is 0 Å². The molecule has 0 amide bonds. The number of hydrogen-bond acceptors (Lipinski definition) is 4. The molecule has 1 saturated carbocycles. The number of aromatic nitrogens is 4. The largest absolute Gasteiger partial charge is 0.382 e. The molecular formula is C12H14N6. The highest BCUT2D eigenvalue weighted by atomic mass is 15.3. The van der Waals surface area contributed by atoms with E-state index in [1.807, 2.05) is 19.2 Å². The SMILES string of the molecule is Cc1cc(C(=N)N)nc(-n2ccc(C3CC3)n2)n1. The van der Waals surface area contributed by atoms with Crippen LogP contribution in [0.15, 0.2) is 18.3 Å². The maximum Gasteiger partial charge on any atom is 0.251 e. The Morgan fingerprint density at radius 3 is 2.89 bits per heavy atom. The van der Waals surface area contributed by atoms with Crippen LogP contribution in [0.5, 0.6) is 0 Å². The van der Waals surface area contributed by atoms with Gasteiger partial charge in [-0.3, -0.25) is 5.41 Å². The van der Waals surface area contributed by atoms with Crippen LogP contribution in [0, 0.1) is 12.3 Å². The van der Waals surface area contributed by atoms with Gasteiger partial charge < -0.3 is 5.73 Å². The molecule has 6 heteroatoms. The molecule has 3 rings (SSSR count). The molecule has 0 spiro atoms. The van der Waals surface area contributed by atoms with Gasteiger partial charge in [-0.25, -0.2) is 14.6 Å². The first-order chi connectivity index (χ1) is 8.63. The Morgan fingerprint density at radius 1 is 1.44 bits per heavy atom. The third-order valence-electron chi connectivity index (χ3n) is 2.93. The molecule has 6 nitrogen and oxygen atoms in total. The molecule has 92 valence electrons. The maximum atomic E-state index is 7.43. The van der Waals surface area contributed by atoms with Crippen LogP contribution in [0.1, 0.15) is 35.8 Å². The zero-order valence-corrected chi connectivity index (χ0v) is 10.1. The van der Waals surface area contributed by atoms with Crippen molar-refractivity contribution in [2.45, 2.75) is 25.7 Å². The number of hydrogen-bond donors (Lipinski definition) is 2. The average Bonchev–Trinajstić information content (AvgIpc) is 3.06. The number of nitrogens with one attached hydrogen (secondary N) is 1. The summed E-state index contributed by atoms with van der Waals surface area (Å²) in [7, 11) is 0. The smallest absolute Gasteiger partial charge is 0.251 e. The molecule has 1 aliphatic rings. The van der Waals surface area contributed by atoms with Gasteiger partial charge >= 0.3 is 0 Å². The molecule has 0 bridgehead atoms. The van der Waals surface area contributed by atoms with Gasteiger partial charge in [0.15, 0.2) is 0 Å². The molecular weight excluding hydrogens is 228 g/mol. The van der Waals surface area contributed by atoms with Crippen LogP contribution in [-0.2, 0) is 0 Å². The fourth-order valence-corrected chi connectivity index (χ4v) is 1.84. The summed E-state index contributed by atoms with van der Waals surface area (Å²) in [5.41, 5.74) is 7.75. The molecule has 1 aliphatic carbocycles. The average molecular weight is 242 g/mol. The molecule has 2 heterocycles. The van der Waals surface area contributed by atoms with Crippen molar-refractivity contribution in [3.63, 3.8) is 0 Å². The predicted molar refractivity (Wildman–Crippen MR) is 66.9 cm³/mol. The van der Waals surface area contributed by atoms with E-state index in [1.54, 1.807) is 10.7 Å². The normalized spacial score (nSPS) is 14.7. The van der Waals surface area contributed by atoms with E-state index in [2.05, 4.69) is 15.1 Å². The monoisotopic (exact) mass is 242 g/mol. The van der Waals surface area contributed by atoms with Gasteiger partial charge in [0.1, 0.15) is 11.5 Å². The number of nitrogen functional groups attached to an aromatic ring is 1. The molecule has 3 N–H and O–H groups in total. The molecule has 0 radical (unpaired) electrons. The molecule has 1 fully saturated rings. The van der Waals surface area contributed by atoms with E-state index in [-0.39, 0.29) is 5.84 Å². The highest BCUT2D eigenvalue weighted by Gasteiger charge is 2.26. The molecule has 2 aromatic heterocycles. The maximum absolute atomic E-state index is 7.43. The summed E-state index contributed by atoms with van der Waals surface area (Å²) < 4.78 is 1.65. The molecule has 0 saturated heterocycles. The second-order valence-corrected chi connectivity index (χ2v) is 4.57. The van der Waals surface area contributed by atoms with E-state index in [0.717, 1.165) is 11.4 Å². The van der Waals surface area contributed by atoms with E-state index < -0.39 is 0 Å². The third-order valence-corrected chi connectivity index (χ3v) is 2.93. The second kappa shape index (κ2) is 3.90. The molecule has 0 unspecified atom stereocenters. The van der Waals surface area contributed by atoms with Crippen molar-refractivity contribution in [2.24, 2.45) is 5.73 Å². The predicted octanol–water partition coefficient (Wildman–Crippen LogP) is 1.13. The lowest BCUT2D eigenvalue weighted by Crippen LogP contribution is -2.16. The van der Waals surface area contributed by atoms with Crippen LogP contribution in [0.2, 0.25) is 0 Å². The Bertz CT molecular complexity index is 611. The molecule has 18 heavy (non-hydrogen) atoms. The summed E-state index contributed by atoms with van der Waals surface area (Å²) in [6, 6.07) is 3.69. The van der Waals surface area contributed by atoms with E-state index in [9.17, 15) is 0 Å². The summed E-state index contributed by atoms with van der Waals surface area (Å²) >= 11 is 0. The number of nitrogens with two attached hydrogens (primary N) is 1. The summed E-state index contributed by atoms with van der Waals surface area (Å²) in [6.45, 7) is 1.85. The van der Waals surface area contributed by atoms with Crippen LogP contribution in [0.3, 0.4) is 0 Å². The lowest BCUT2D eigenvalue weighted by molar-refractivity contribution is 0.775. The van der Waals surface area contributed by atoms with E-state index in [0.29, 0.717) is 17.6 Å². The second-order valence-electron chi connectivity index (χ2n) is 4.57. The molecule has 0 aliphatic heterocycles. The molecule has 0 aromatic carbocycles. The number of nitrogens with zero attached hydrogens (tertiary/aromatic N) is 4. The lowest BCUT2D eigenvalue weighted by Gasteiger charge is -2.04. The zero-order chi connectivity index (χ0) is 12.7. The van der Waals surface area contributed by atoms with Crippen molar-refractivity contribution in [3.05, 3.63) is 35.4 Å². The quantitative estimate of drug-likeness (QED) is 0.623. The van der Waals surface area contributed by atoms with Gasteiger partial charge in [-0.05, 0) is 31.9 Å². The fourth-order valence-electron chi connectivity index (χ4n) is 1.84. The molecule has 0 atom stereocenters. The van der Waals surface area contributed by atoms with E-state index >= 15 is 0 Å². The molecule has 2 aromatic rings. The Morgan fingerprint density at radius 2 is 2.22 bits per heavy atom. The van der Waals surface area contributed by atoms with Gasteiger partial charge in [0.05, 0.1) is 5.69 Å². The first kappa shape index (κ1) is 10.9. The highest BCUT2D eigenvalue weighted by Crippen LogP contribution is 2.38. The van der Waals surface area contributed by atoms with Crippen molar-refractivity contribution in [1.82, 2.24) is 19.7 Å². The number of rotatable bonds is 3. The van der Waals surface area contributed by atoms with Gasteiger partial charge in [-0.1, -0.05) is 0 Å². The highest BCUT2D eigenvalue weighted by molar-refractivity contribution is 5.93. The summed E-state index contributed by atoms with van der Waals surface area (Å²) in [5.74, 6) is 1.01. The van der Waals surface area contributed by atoms with Crippen molar-refractivity contribution in [1.29, 1.82) is 5.41 Å². The van der Waals surface area contributed by atoms with Gasteiger partial charge in [0, 0.05) is 17.8 Å². The van der Waals surface area contributed by atoms with Gasteiger partial charge in [0.25, 0.3) is 5.95 Å². The first-order valence-corrected chi connectivity index (χ1v) is 5.89. The number of aryl methyl sites for hydroxylation is 1. The van der Waals surface area contributed by atoms with E-state index in [4.69, 9.17) is 11.1 Å². The van der Waals surface area contributed by atoms with Crippen molar-refractivity contribution >= 4 is 5.84 Å². The van der Waals surface area contributed by atoms with Crippen molar-refractivity contribution < 1.29 is 0 Å². The van der Waals surface area contributed by atoms with Crippen LogP contribution in [0.25, 0.3) is 5.95 Å². The minimum Gasteiger partial charge on any atom is -0.382 e. The lowest BCUT2D eigenvalue weighted by atomic mass is 10.3. The third kappa shape index (κ3) is 1.97. The first-order valence-electron chi connectivity index (χ1n) is 5.89. The summed E-state index contributed by atoms with van der Waals surface area (Å²) in [6.07, 6.45) is 4.28. The Kier molecular flexibility index (Phi) is 2.36. The Balaban J connectivity index is 2.01. The zero-order valence-electron chi connectivity index (χ0n) is 10.1. The minimum atomic E-state index is -0.0590.